The summed E-state index contributed by atoms with van der Waals surface area (Å²) >= 11 is 0. The Morgan fingerprint density at radius 3 is 2.38 bits per heavy atom. The highest BCUT2D eigenvalue weighted by molar-refractivity contribution is 7.89. The molecule has 0 bridgehead atoms. The van der Waals surface area contributed by atoms with Crippen LogP contribution in [0.25, 0.3) is 10.8 Å². The molecule has 2 N–H and O–H groups in total. The monoisotopic (exact) mass is 454 g/mol. The Labute approximate surface area is 187 Å². The fourth-order valence-electron chi connectivity index (χ4n) is 4.41. The molecule has 3 aromatic carbocycles. The van der Waals surface area contributed by atoms with Crippen LogP contribution in [0.3, 0.4) is 0 Å². The number of primary sulfonamides is 1. The summed E-state index contributed by atoms with van der Waals surface area (Å²) < 4.78 is 24.1. The van der Waals surface area contributed by atoms with Gasteiger partial charge in [0.2, 0.25) is 10.0 Å². The van der Waals surface area contributed by atoms with Gasteiger partial charge in [0.25, 0.3) is 5.69 Å². The molecule has 1 unspecified atom stereocenters. The average Bonchev–Trinajstić information content (AvgIpc) is 2.77. The molecule has 32 heavy (non-hydrogen) atoms. The van der Waals surface area contributed by atoms with Gasteiger partial charge in [0, 0.05) is 44.9 Å². The van der Waals surface area contributed by atoms with Gasteiger partial charge >= 0.3 is 0 Å². The highest BCUT2D eigenvalue weighted by Gasteiger charge is 2.29. The lowest BCUT2D eigenvalue weighted by molar-refractivity contribution is -0.384. The van der Waals surface area contributed by atoms with Gasteiger partial charge in [-0.2, -0.15) is 0 Å². The molecule has 0 aliphatic carbocycles. The lowest BCUT2D eigenvalue weighted by Gasteiger charge is -2.39. The molecular weight excluding hydrogens is 428 g/mol. The molecule has 0 spiro atoms. The van der Waals surface area contributed by atoms with Crippen molar-refractivity contribution in [2.24, 2.45) is 5.14 Å². The summed E-state index contributed by atoms with van der Waals surface area (Å²) in [6.45, 7) is 3.43. The number of benzene rings is 3. The molecule has 0 aromatic heterocycles. The van der Waals surface area contributed by atoms with E-state index in [0.29, 0.717) is 19.6 Å². The minimum Gasteiger partial charge on any atom is -0.297 e. The van der Waals surface area contributed by atoms with Crippen LogP contribution >= 0.6 is 0 Å². The summed E-state index contributed by atoms with van der Waals surface area (Å²) in [5.74, 6) is -0.147. The number of hydrogen-bond acceptors (Lipinski definition) is 6. The number of hydrogen-bond donors (Lipinski definition) is 1. The zero-order valence-corrected chi connectivity index (χ0v) is 18.4. The van der Waals surface area contributed by atoms with E-state index in [9.17, 15) is 18.5 Å². The van der Waals surface area contributed by atoms with Crippen molar-refractivity contribution >= 4 is 26.5 Å². The molecule has 1 saturated heterocycles. The number of nitrogens with zero attached hydrogens (tertiary/aromatic N) is 3. The minimum absolute atomic E-state index is 0.0882. The molecular formula is C23H26N4O4S. The maximum Gasteiger partial charge on any atom is 0.269 e. The third-order valence-corrected chi connectivity index (χ3v) is 6.73. The fourth-order valence-corrected chi connectivity index (χ4v) is 5.24. The van der Waals surface area contributed by atoms with Crippen LogP contribution in [0.5, 0.6) is 0 Å². The van der Waals surface area contributed by atoms with Gasteiger partial charge in [-0.1, -0.05) is 54.6 Å². The highest BCUT2D eigenvalue weighted by Crippen LogP contribution is 2.30. The molecule has 1 aliphatic heterocycles. The van der Waals surface area contributed by atoms with E-state index in [1.165, 1.54) is 6.07 Å². The number of rotatable bonds is 7. The van der Waals surface area contributed by atoms with E-state index in [0.717, 1.165) is 35.0 Å². The zero-order chi connectivity index (χ0) is 22.7. The maximum atomic E-state index is 12.1. The Balaban J connectivity index is 1.52. The Morgan fingerprint density at radius 1 is 0.969 bits per heavy atom. The molecule has 1 heterocycles. The van der Waals surface area contributed by atoms with Crippen molar-refractivity contribution in [1.29, 1.82) is 0 Å². The van der Waals surface area contributed by atoms with E-state index in [1.54, 1.807) is 12.1 Å². The molecule has 0 amide bonds. The topological polar surface area (TPSA) is 110 Å². The normalized spacial score (nSPS) is 16.8. The van der Waals surface area contributed by atoms with Crippen LogP contribution in [0, 0.1) is 10.1 Å². The van der Waals surface area contributed by atoms with Gasteiger partial charge in [0.05, 0.1) is 16.7 Å². The molecule has 1 atom stereocenters. The smallest absolute Gasteiger partial charge is 0.269 e. The van der Waals surface area contributed by atoms with Crippen molar-refractivity contribution < 1.29 is 13.3 Å². The third-order valence-electron chi connectivity index (χ3n) is 5.95. The van der Waals surface area contributed by atoms with Gasteiger partial charge in [-0.25, -0.2) is 13.6 Å². The first-order valence-corrected chi connectivity index (χ1v) is 12.2. The minimum atomic E-state index is -3.68. The van der Waals surface area contributed by atoms with Crippen LogP contribution in [0.4, 0.5) is 5.69 Å². The molecule has 4 rings (SSSR count). The number of piperazine rings is 1. The van der Waals surface area contributed by atoms with E-state index in [2.05, 4.69) is 9.80 Å². The maximum absolute atomic E-state index is 12.1. The zero-order valence-electron chi connectivity index (χ0n) is 17.6. The Kier molecular flexibility index (Phi) is 6.52. The number of non-ortho nitro benzene ring substituents is 1. The van der Waals surface area contributed by atoms with E-state index in [-0.39, 0.29) is 22.4 Å². The molecule has 8 nitrogen and oxygen atoms in total. The molecule has 1 aliphatic rings. The largest absolute Gasteiger partial charge is 0.297 e. The molecule has 9 heteroatoms. The highest BCUT2D eigenvalue weighted by atomic mass is 32.2. The van der Waals surface area contributed by atoms with Gasteiger partial charge in [-0.05, 0) is 21.9 Å². The summed E-state index contributed by atoms with van der Waals surface area (Å²) in [6, 6.07) is 20.2. The first-order chi connectivity index (χ1) is 15.3. The van der Waals surface area contributed by atoms with Gasteiger partial charge in [0.15, 0.2) is 0 Å². The number of nitro groups is 1. The number of sulfonamides is 1. The van der Waals surface area contributed by atoms with Gasteiger partial charge in [-0.15, -0.1) is 0 Å². The van der Waals surface area contributed by atoms with Gasteiger partial charge < -0.3 is 0 Å². The summed E-state index contributed by atoms with van der Waals surface area (Å²) in [5, 5.41) is 18.6. The average molecular weight is 455 g/mol. The molecule has 1 fully saturated rings. The first-order valence-electron chi connectivity index (χ1n) is 10.5. The van der Waals surface area contributed by atoms with Gasteiger partial charge in [0.1, 0.15) is 0 Å². The molecule has 0 saturated carbocycles. The van der Waals surface area contributed by atoms with Crippen molar-refractivity contribution in [3.63, 3.8) is 0 Å². The van der Waals surface area contributed by atoms with E-state index in [1.807, 2.05) is 48.5 Å². The van der Waals surface area contributed by atoms with Gasteiger partial charge in [-0.3, -0.25) is 19.9 Å². The molecule has 3 aromatic rings. The second-order valence-corrected chi connectivity index (χ2v) is 9.81. The second-order valence-electron chi connectivity index (χ2n) is 8.15. The van der Waals surface area contributed by atoms with Crippen LogP contribution < -0.4 is 5.14 Å². The van der Waals surface area contributed by atoms with Crippen LogP contribution in [0.1, 0.15) is 17.2 Å². The predicted octanol–water partition coefficient (Wildman–Crippen LogP) is 2.90. The lowest BCUT2D eigenvalue weighted by Crippen LogP contribution is -2.48. The van der Waals surface area contributed by atoms with E-state index >= 15 is 0 Å². The third kappa shape index (κ3) is 5.31. The standard InChI is InChI=1S/C23H26N4O4S/c24-32(30,31)17-23(22-10-4-7-19-6-1-2-9-21(19)22)26-13-11-25(12-14-26)16-18-5-3-8-20(15-18)27(28)29/h1-10,15,23H,11-14,16-17H2,(H2,24,30,31). The van der Waals surface area contributed by atoms with Crippen molar-refractivity contribution in [2.45, 2.75) is 12.6 Å². The van der Waals surface area contributed by atoms with E-state index in [4.69, 9.17) is 5.14 Å². The molecule has 0 radical (unpaired) electrons. The molecule has 168 valence electrons. The van der Waals surface area contributed by atoms with Crippen LogP contribution in [-0.4, -0.2) is 55.1 Å². The number of fused-ring (bicyclic) bond motifs is 1. The Bertz CT molecular complexity index is 1220. The predicted molar refractivity (Wildman–Crippen MR) is 125 cm³/mol. The van der Waals surface area contributed by atoms with Crippen molar-refractivity contribution in [3.8, 4) is 0 Å². The number of nitrogens with two attached hydrogens (primary N) is 1. The SMILES string of the molecule is NS(=O)(=O)CC(c1cccc2ccccc12)N1CCN(Cc2cccc([N+](=O)[O-])c2)CC1. The summed E-state index contributed by atoms with van der Waals surface area (Å²) in [7, 11) is -3.68. The van der Waals surface area contributed by atoms with Crippen LogP contribution in [0.15, 0.2) is 66.7 Å². The van der Waals surface area contributed by atoms with Crippen molar-refractivity contribution in [3.05, 3.63) is 88.0 Å². The Hall–Kier alpha value is -2.85. The number of nitro benzene ring substituents is 1. The summed E-state index contributed by atoms with van der Waals surface area (Å²) in [6.07, 6.45) is 0. The van der Waals surface area contributed by atoms with Crippen molar-refractivity contribution in [1.82, 2.24) is 9.80 Å². The fraction of sp³-hybridized carbons (Fsp3) is 0.304. The van der Waals surface area contributed by atoms with Crippen molar-refractivity contribution in [2.75, 3.05) is 31.9 Å². The summed E-state index contributed by atoms with van der Waals surface area (Å²) in [5.41, 5.74) is 1.94. The lowest BCUT2D eigenvalue weighted by atomic mass is 9.98. The van der Waals surface area contributed by atoms with E-state index < -0.39 is 10.0 Å². The summed E-state index contributed by atoms with van der Waals surface area (Å²) in [4.78, 5) is 15.1. The second kappa shape index (κ2) is 9.33. The quantitative estimate of drug-likeness (QED) is 0.434. The Morgan fingerprint density at radius 2 is 1.66 bits per heavy atom. The first kappa shape index (κ1) is 22.3. The van der Waals surface area contributed by atoms with Crippen LogP contribution in [-0.2, 0) is 16.6 Å². The van der Waals surface area contributed by atoms with Crippen LogP contribution in [0.2, 0.25) is 0 Å².